The van der Waals surface area contributed by atoms with Gasteiger partial charge in [-0.2, -0.15) is 0 Å². The zero-order chi connectivity index (χ0) is 26.4. The molecule has 1 unspecified atom stereocenters. The Labute approximate surface area is 220 Å². The van der Waals surface area contributed by atoms with Gasteiger partial charge in [-0.3, -0.25) is 4.79 Å². The van der Waals surface area contributed by atoms with Gasteiger partial charge < -0.3 is 25.3 Å². The van der Waals surface area contributed by atoms with Gasteiger partial charge in [-0.05, 0) is 81.5 Å². The molecule has 3 amide bonds. The molecule has 1 aromatic heterocycles. The zero-order valence-corrected chi connectivity index (χ0v) is 22.5. The number of anilines is 2. The lowest BCUT2D eigenvalue weighted by atomic mass is 9.82. The fourth-order valence-electron chi connectivity index (χ4n) is 5.36. The first-order valence-corrected chi connectivity index (χ1v) is 13.6. The number of aryl methyl sites for hydroxylation is 1. The maximum absolute atomic E-state index is 12.7. The zero-order valence-electron chi connectivity index (χ0n) is 22.5. The lowest BCUT2D eigenvalue weighted by molar-refractivity contribution is 0.0795. The molecule has 1 heterocycles. The molecule has 0 radical (unpaired) electrons. The van der Waals surface area contributed by atoms with E-state index in [4.69, 9.17) is 4.42 Å². The molecule has 7 nitrogen and oxygen atoms in total. The van der Waals surface area contributed by atoms with Crippen molar-refractivity contribution < 1.29 is 14.0 Å². The molecule has 198 valence electrons. The molecule has 0 spiro atoms. The first-order valence-electron chi connectivity index (χ1n) is 13.6. The number of nitrogens with zero attached hydrogens (tertiary/aromatic N) is 1. The molecule has 1 aliphatic carbocycles. The summed E-state index contributed by atoms with van der Waals surface area (Å²) in [6, 6.07) is 13.4. The van der Waals surface area contributed by atoms with Gasteiger partial charge in [0.05, 0.1) is 6.04 Å². The third-order valence-corrected chi connectivity index (χ3v) is 7.33. The fourth-order valence-corrected chi connectivity index (χ4v) is 5.36. The molecule has 2 aromatic carbocycles. The molecule has 3 aromatic rings. The van der Waals surface area contributed by atoms with Gasteiger partial charge in [0, 0.05) is 48.0 Å². The molecule has 7 heteroatoms. The van der Waals surface area contributed by atoms with Crippen LogP contribution in [0.15, 0.2) is 46.9 Å². The van der Waals surface area contributed by atoms with Crippen molar-refractivity contribution in [1.29, 1.82) is 0 Å². The van der Waals surface area contributed by atoms with E-state index in [0.29, 0.717) is 18.0 Å². The van der Waals surface area contributed by atoms with Crippen LogP contribution in [0.5, 0.6) is 0 Å². The molecule has 0 bridgehead atoms. The SMILES string of the molecule is CCCN(C)C(=O)c1ccc(NC(c2oc3ccc(NC(=O)NCC)cc3c2C)C2CCCCC2)cc1. The summed E-state index contributed by atoms with van der Waals surface area (Å²) in [5.74, 6) is 1.44. The van der Waals surface area contributed by atoms with Crippen LogP contribution in [-0.2, 0) is 0 Å². The third kappa shape index (κ3) is 6.27. The molecule has 1 fully saturated rings. The van der Waals surface area contributed by atoms with E-state index in [1.54, 1.807) is 4.90 Å². The van der Waals surface area contributed by atoms with Crippen LogP contribution in [-0.4, -0.2) is 37.0 Å². The van der Waals surface area contributed by atoms with Gasteiger partial charge in [-0.1, -0.05) is 26.2 Å². The molecule has 3 N–H and O–H groups in total. The highest BCUT2D eigenvalue weighted by molar-refractivity contribution is 5.94. The first-order chi connectivity index (χ1) is 17.9. The molecule has 1 saturated carbocycles. The lowest BCUT2D eigenvalue weighted by Crippen LogP contribution is -2.28. The Morgan fingerprint density at radius 2 is 1.73 bits per heavy atom. The summed E-state index contributed by atoms with van der Waals surface area (Å²) < 4.78 is 6.46. The number of nitrogens with one attached hydrogen (secondary N) is 3. The van der Waals surface area contributed by atoms with Crippen molar-refractivity contribution in [3.8, 4) is 0 Å². The van der Waals surface area contributed by atoms with Crippen molar-refractivity contribution in [1.82, 2.24) is 10.2 Å². The Bertz CT molecular complexity index is 1210. The maximum Gasteiger partial charge on any atom is 0.319 e. The lowest BCUT2D eigenvalue weighted by Gasteiger charge is -2.31. The number of urea groups is 1. The van der Waals surface area contributed by atoms with Crippen LogP contribution in [0.3, 0.4) is 0 Å². The number of carbonyl (C=O) groups is 2. The van der Waals surface area contributed by atoms with Crippen molar-refractivity contribution in [3.05, 3.63) is 59.4 Å². The number of amides is 3. The summed E-state index contributed by atoms with van der Waals surface area (Å²) in [5.41, 5.74) is 4.32. The molecule has 1 atom stereocenters. The van der Waals surface area contributed by atoms with E-state index < -0.39 is 0 Å². The van der Waals surface area contributed by atoms with E-state index in [1.807, 2.05) is 56.4 Å². The maximum atomic E-state index is 12.7. The largest absolute Gasteiger partial charge is 0.459 e. The summed E-state index contributed by atoms with van der Waals surface area (Å²) in [6.45, 7) is 7.38. The molecule has 4 rings (SSSR count). The summed E-state index contributed by atoms with van der Waals surface area (Å²) in [5, 5.41) is 10.4. The second-order valence-corrected chi connectivity index (χ2v) is 10.1. The van der Waals surface area contributed by atoms with Crippen molar-refractivity contribution in [2.75, 3.05) is 30.8 Å². The van der Waals surface area contributed by atoms with Crippen molar-refractivity contribution in [3.63, 3.8) is 0 Å². The average molecular weight is 505 g/mol. The monoisotopic (exact) mass is 504 g/mol. The fraction of sp³-hybridized carbons (Fsp3) is 0.467. The Balaban J connectivity index is 1.61. The predicted molar refractivity (Wildman–Crippen MR) is 150 cm³/mol. The molecule has 0 saturated heterocycles. The van der Waals surface area contributed by atoms with Gasteiger partial charge in [0.15, 0.2) is 0 Å². The minimum atomic E-state index is -0.215. The van der Waals surface area contributed by atoms with Crippen LogP contribution in [0.2, 0.25) is 0 Å². The smallest absolute Gasteiger partial charge is 0.319 e. The van der Waals surface area contributed by atoms with Crippen LogP contribution in [0.25, 0.3) is 11.0 Å². The summed E-state index contributed by atoms with van der Waals surface area (Å²) >= 11 is 0. The predicted octanol–water partition coefficient (Wildman–Crippen LogP) is 7.10. The summed E-state index contributed by atoms with van der Waals surface area (Å²) in [6.07, 6.45) is 6.96. The van der Waals surface area contributed by atoms with Crippen LogP contribution in [0.4, 0.5) is 16.2 Å². The number of fused-ring (bicyclic) bond motifs is 1. The number of hydrogen-bond donors (Lipinski definition) is 3. The number of furan rings is 1. The Morgan fingerprint density at radius 1 is 1.03 bits per heavy atom. The van der Waals surface area contributed by atoms with Crippen molar-refractivity contribution >= 4 is 34.3 Å². The first kappa shape index (κ1) is 26.6. The highest BCUT2D eigenvalue weighted by Gasteiger charge is 2.30. The third-order valence-electron chi connectivity index (χ3n) is 7.33. The number of rotatable bonds is 9. The Morgan fingerprint density at radius 3 is 2.41 bits per heavy atom. The van der Waals surface area contributed by atoms with Gasteiger partial charge in [0.1, 0.15) is 11.3 Å². The van der Waals surface area contributed by atoms with E-state index in [0.717, 1.165) is 59.5 Å². The molecule has 0 aliphatic heterocycles. The topological polar surface area (TPSA) is 86.6 Å². The van der Waals surface area contributed by atoms with E-state index in [2.05, 4.69) is 29.8 Å². The molecule has 1 aliphatic rings. The highest BCUT2D eigenvalue weighted by Crippen LogP contribution is 2.41. The quantitative estimate of drug-likeness (QED) is 0.290. The average Bonchev–Trinajstić information content (AvgIpc) is 3.23. The molecule has 37 heavy (non-hydrogen) atoms. The summed E-state index contributed by atoms with van der Waals surface area (Å²) in [7, 11) is 1.85. The van der Waals surface area contributed by atoms with Gasteiger partial charge >= 0.3 is 6.03 Å². The normalized spacial score (nSPS) is 14.8. The van der Waals surface area contributed by atoms with E-state index in [9.17, 15) is 9.59 Å². The van der Waals surface area contributed by atoms with E-state index >= 15 is 0 Å². The van der Waals surface area contributed by atoms with Crippen molar-refractivity contribution in [2.45, 2.75) is 65.3 Å². The minimum Gasteiger partial charge on any atom is -0.459 e. The number of hydrogen-bond acceptors (Lipinski definition) is 4. The highest BCUT2D eigenvalue weighted by atomic mass is 16.3. The van der Waals surface area contributed by atoms with Gasteiger partial charge in [-0.25, -0.2) is 4.79 Å². The molecular weight excluding hydrogens is 464 g/mol. The van der Waals surface area contributed by atoms with Gasteiger partial charge in [0.2, 0.25) is 0 Å². The molecular formula is C30H40N4O3. The van der Waals surface area contributed by atoms with Gasteiger partial charge in [0.25, 0.3) is 5.91 Å². The van der Waals surface area contributed by atoms with Crippen LogP contribution >= 0.6 is 0 Å². The van der Waals surface area contributed by atoms with Crippen LogP contribution in [0.1, 0.15) is 80.1 Å². The standard InChI is InChI=1S/C30H40N4O3/c1-5-18-34(4)29(35)22-12-14-23(15-13-22)32-27(21-10-8-7-9-11-21)28-20(3)25-19-24(16-17-26(25)37-28)33-30(36)31-6-2/h12-17,19,21,27,32H,5-11,18H2,1-4H3,(H2,31,33,36). The van der Waals surface area contributed by atoms with E-state index in [1.165, 1.54) is 19.3 Å². The Hall–Kier alpha value is -3.48. The second-order valence-electron chi connectivity index (χ2n) is 10.1. The van der Waals surface area contributed by atoms with Crippen LogP contribution < -0.4 is 16.0 Å². The number of carbonyl (C=O) groups excluding carboxylic acids is 2. The van der Waals surface area contributed by atoms with Gasteiger partial charge in [-0.15, -0.1) is 0 Å². The Kier molecular flexibility index (Phi) is 8.74. The minimum absolute atomic E-state index is 0.0248. The summed E-state index contributed by atoms with van der Waals surface area (Å²) in [4.78, 5) is 26.4. The second kappa shape index (κ2) is 12.2. The van der Waals surface area contributed by atoms with Crippen molar-refractivity contribution in [2.24, 2.45) is 5.92 Å². The van der Waals surface area contributed by atoms with Crippen LogP contribution in [0, 0.1) is 12.8 Å². The van der Waals surface area contributed by atoms with E-state index in [-0.39, 0.29) is 18.0 Å². The number of benzene rings is 2.